The van der Waals surface area contributed by atoms with Crippen LogP contribution >= 0.6 is 0 Å². The second kappa shape index (κ2) is 9.20. The van der Waals surface area contributed by atoms with Crippen molar-refractivity contribution in [1.29, 1.82) is 0 Å². The third kappa shape index (κ3) is 5.89. The first-order chi connectivity index (χ1) is 12.0. The van der Waals surface area contributed by atoms with Crippen LogP contribution in [0, 0.1) is 5.92 Å². The lowest BCUT2D eigenvalue weighted by Gasteiger charge is -2.15. The highest BCUT2D eigenvalue weighted by atomic mass is 16.5. The molecule has 0 radical (unpaired) electrons. The van der Waals surface area contributed by atoms with Crippen LogP contribution in [0.3, 0.4) is 0 Å². The van der Waals surface area contributed by atoms with Gasteiger partial charge in [-0.05, 0) is 54.3 Å². The van der Waals surface area contributed by atoms with Crippen LogP contribution in [-0.4, -0.2) is 25.7 Å². The highest BCUT2D eigenvalue weighted by Gasteiger charge is 2.17. The number of amides is 1. The summed E-state index contributed by atoms with van der Waals surface area (Å²) in [5.74, 6) is 1.38. The van der Waals surface area contributed by atoms with E-state index in [9.17, 15) is 4.79 Å². The summed E-state index contributed by atoms with van der Waals surface area (Å²) in [5, 5.41) is 2.81. The van der Waals surface area contributed by atoms with Gasteiger partial charge in [0.05, 0.1) is 12.6 Å². The van der Waals surface area contributed by atoms with Crippen LogP contribution in [0.25, 0.3) is 0 Å². The van der Waals surface area contributed by atoms with Gasteiger partial charge in [-0.25, -0.2) is 0 Å². The van der Waals surface area contributed by atoms with Crippen LogP contribution in [0.5, 0.6) is 11.5 Å². The minimum absolute atomic E-state index is 0.0921. The molecule has 5 nitrogen and oxygen atoms in total. The van der Waals surface area contributed by atoms with Crippen LogP contribution in [0.2, 0.25) is 0 Å². The van der Waals surface area contributed by atoms with Crippen molar-refractivity contribution in [3.63, 3.8) is 0 Å². The van der Waals surface area contributed by atoms with Gasteiger partial charge in [-0.1, -0.05) is 26.0 Å². The summed E-state index contributed by atoms with van der Waals surface area (Å²) in [7, 11) is 1.69. The first-order valence-electron chi connectivity index (χ1n) is 8.42. The zero-order valence-corrected chi connectivity index (χ0v) is 15.0. The monoisotopic (exact) mass is 342 g/mol. The van der Waals surface area contributed by atoms with Gasteiger partial charge in [0.2, 0.25) is 5.91 Å². The van der Waals surface area contributed by atoms with Gasteiger partial charge in [0.25, 0.3) is 0 Å². The molecule has 0 aliphatic carbocycles. The predicted octanol–water partition coefficient (Wildman–Crippen LogP) is 3.59. The first kappa shape index (κ1) is 19.0. The lowest BCUT2D eigenvalue weighted by molar-refractivity contribution is -0.118. The Morgan fingerprint density at radius 1 is 1.04 bits per heavy atom. The maximum Gasteiger partial charge on any atom is 0.241 e. The van der Waals surface area contributed by atoms with Crippen molar-refractivity contribution < 1.29 is 14.3 Å². The molecule has 25 heavy (non-hydrogen) atoms. The number of rotatable bonds is 8. The number of carbonyl (C=O) groups excluding carboxylic acids is 1. The number of benzene rings is 2. The van der Waals surface area contributed by atoms with Crippen molar-refractivity contribution in [2.45, 2.75) is 26.3 Å². The Balaban J connectivity index is 1.92. The van der Waals surface area contributed by atoms with Crippen LogP contribution in [0.1, 0.15) is 19.4 Å². The molecule has 2 aromatic carbocycles. The molecule has 5 heteroatoms. The number of anilines is 1. The molecule has 0 fully saturated rings. The summed E-state index contributed by atoms with van der Waals surface area (Å²) in [6, 6.07) is 14.6. The summed E-state index contributed by atoms with van der Waals surface area (Å²) < 4.78 is 10.9. The molecule has 0 saturated carbocycles. The van der Waals surface area contributed by atoms with Gasteiger partial charge in [0, 0.05) is 12.8 Å². The molecular weight excluding hydrogens is 316 g/mol. The summed E-state index contributed by atoms with van der Waals surface area (Å²) in [6.07, 6.45) is 0.879. The molecule has 0 aliphatic rings. The zero-order valence-electron chi connectivity index (χ0n) is 15.0. The van der Waals surface area contributed by atoms with Gasteiger partial charge in [-0.3, -0.25) is 4.79 Å². The van der Waals surface area contributed by atoms with E-state index in [0.29, 0.717) is 18.0 Å². The second-order valence-corrected chi connectivity index (χ2v) is 6.27. The zero-order chi connectivity index (χ0) is 18.2. The highest BCUT2D eigenvalue weighted by molar-refractivity contribution is 5.94. The molecule has 0 aromatic heterocycles. The molecule has 1 amide bonds. The highest BCUT2D eigenvalue weighted by Crippen LogP contribution is 2.23. The molecule has 134 valence electrons. The molecular formula is C20H26N2O3. The van der Waals surface area contributed by atoms with Crippen LogP contribution in [0.15, 0.2) is 48.5 Å². The fraction of sp³-hybridized carbons (Fsp3) is 0.350. The fourth-order valence-electron chi connectivity index (χ4n) is 2.21. The summed E-state index contributed by atoms with van der Waals surface area (Å²) in [5.41, 5.74) is 7.74. The number of methoxy groups -OCH3 is 1. The minimum atomic E-state index is -0.521. The number of hydrogen-bond acceptors (Lipinski definition) is 4. The van der Waals surface area contributed by atoms with E-state index in [4.69, 9.17) is 15.2 Å². The molecule has 0 saturated heterocycles. The molecule has 2 aromatic rings. The number of ether oxygens (including phenoxy) is 2. The number of carbonyl (C=O) groups is 1. The fourth-order valence-corrected chi connectivity index (χ4v) is 2.21. The van der Waals surface area contributed by atoms with E-state index in [1.54, 1.807) is 19.2 Å². The third-order valence-electron chi connectivity index (χ3n) is 3.90. The number of nitrogens with one attached hydrogen (secondary N) is 1. The molecule has 0 aliphatic heterocycles. The Morgan fingerprint density at radius 3 is 2.12 bits per heavy atom. The smallest absolute Gasteiger partial charge is 0.241 e. The minimum Gasteiger partial charge on any atom is -0.457 e. The summed E-state index contributed by atoms with van der Waals surface area (Å²) in [6.45, 7) is 4.54. The van der Waals surface area contributed by atoms with E-state index in [1.165, 1.54) is 5.56 Å². The average molecular weight is 342 g/mol. The maximum atomic E-state index is 12.0. The van der Waals surface area contributed by atoms with Crippen LogP contribution in [0.4, 0.5) is 5.69 Å². The van der Waals surface area contributed by atoms with Gasteiger partial charge < -0.3 is 20.5 Å². The van der Waals surface area contributed by atoms with Crippen LogP contribution < -0.4 is 15.8 Å². The Morgan fingerprint density at radius 2 is 1.60 bits per heavy atom. The Labute approximate surface area is 149 Å². The van der Waals surface area contributed by atoms with E-state index >= 15 is 0 Å². The van der Waals surface area contributed by atoms with E-state index in [-0.39, 0.29) is 11.8 Å². The summed E-state index contributed by atoms with van der Waals surface area (Å²) >= 11 is 0. The van der Waals surface area contributed by atoms with Crippen molar-refractivity contribution >= 4 is 11.6 Å². The van der Waals surface area contributed by atoms with Crippen molar-refractivity contribution in [1.82, 2.24) is 0 Å². The molecule has 0 unspecified atom stereocenters. The van der Waals surface area contributed by atoms with E-state index in [1.807, 2.05) is 50.2 Å². The van der Waals surface area contributed by atoms with E-state index in [0.717, 1.165) is 12.2 Å². The first-order valence-corrected chi connectivity index (χ1v) is 8.42. The number of nitrogens with two attached hydrogens (primary N) is 1. The SMILES string of the molecule is COCCc1ccc(Oc2ccc(NC(=O)[C@@H](N)C(C)C)cc2)cc1. The van der Waals surface area contributed by atoms with E-state index in [2.05, 4.69) is 5.32 Å². The standard InChI is InChI=1S/C20H26N2O3/c1-14(2)19(21)20(23)22-16-6-10-18(11-7-16)25-17-8-4-15(5-9-17)12-13-24-3/h4-11,14,19H,12-13,21H2,1-3H3,(H,22,23)/t19-/m0/s1. The topological polar surface area (TPSA) is 73.6 Å². The Kier molecular flexibility index (Phi) is 6.98. The third-order valence-corrected chi connectivity index (χ3v) is 3.90. The van der Waals surface area contributed by atoms with Crippen molar-refractivity contribution in [3.05, 3.63) is 54.1 Å². The van der Waals surface area contributed by atoms with Gasteiger partial charge >= 0.3 is 0 Å². The van der Waals surface area contributed by atoms with Crippen molar-refractivity contribution in [2.24, 2.45) is 11.7 Å². The maximum absolute atomic E-state index is 12.0. The van der Waals surface area contributed by atoms with Gasteiger partial charge in [-0.15, -0.1) is 0 Å². The lowest BCUT2D eigenvalue weighted by Crippen LogP contribution is -2.39. The lowest BCUT2D eigenvalue weighted by atomic mass is 10.1. The molecule has 0 bridgehead atoms. The quantitative estimate of drug-likeness (QED) is 0.769. The number of hydrogen-bond donors (Lipinski definition) is 2. The average Bonchev–Trinajstić information content (AvgIpc) is 2.62. The van der Waals surface area contributed by atoms with Gasteiger partial charge in [0.1, 0.15) is 11.5 Å². The molecule has 0 heterocycles. The van der Waals surface area contributed by atoms with Gasteiger partial charge in [0.15, 0.2) is 0 Å². The Bertz CT molecular complexity index is 666. The van der Waals surface area contributed by atoms with E-state index < -0.39 is 6.04 Å². The molecule has 3 N–H and O–H groups in total. The second-order valence-electron chi connectivity index (χ2n) is 6.27. The molecule has 1 atom stereocenters. The normalized spacial score (nSPS) is 12.0. The van der Waals surface area contributed by atoms with Crippen molar-refractivity contribution in [3.8, 4) is 11.5 Å². The molecule has 2 rings (SSSR count). The van der Waals surface area contributed by atoms with Gasteiger partial charge in [-0.2, -0.15) is 0 Å². The molecule has 0 spiro atoms. The predicted molar refractivity (Wildman–Crippen MR) is 100.0 cm³/mol. The summed E-state index contributed by atoms with van der Waals surface area (Å²) in [4.78, 5) is 12.0. The largest absolute Gasteiger partial charge is 0.457 e. The van der Waals surface area contributed by atoms with Crippen LogP contribution in [-0.2, 0) is 16.0 Å². The van der Waals surface area contributed by atoms with Crippen molar-refractivity contribution in [2.75, 3.05) is 19.0 Å². The Hall–Kier alpha value is -2.37.